The quantitative estimate of drug-likeness (QED) is 0.699. The second-order valence-corrected chi connectivity index (χ2v) is 5.76. The number of benzene rings is 2. The molecule has 0 heterocycles. The number of carbonyl (C=O) groups excluding carboxylic acids is 1. The first kappa shape index (κ1) is 15.9. The van der Waals surface area contributed by atoms with Crippen molar-refractivity contribution in [3.05, 3.63) is 68.2 Å². The van der Waals surface area contributed by atoms with Crippen molar-refractivity contribution in [2.45, 2.75) is 12.8 Å². The summed E-state index contributed by atoms with van der Waals surface area (Å²) in [5.74, 6) is -1.33. The van der Waals surface area contributed by atoms with Gasteiger partial charge in [-0.25, -0.2) is 0 Å². The van der Waals surface area contributed by atoms with E-state index < -0.39 is 5.92 Å². The van der Waals surface area contributed by atoms with Crippen LogP contribution in [0.3, 0.4) is 0 Å². The SMILES string of the molecule is Cc1c(Cl)cccc1C(=O)C(C#N)c1ccc(Cl)cc1Cl. The van der Waals surface area contributed by atoms with Crippen LogP contribution in [0.2, 0.25) is 15.1 Å². The van der Waals surface area contributed by atoms with Gasteiger partial charge in [0, 0.05) is 20.6 Å². The molecular weight excluding hydrogens is 329 g/mol. The first-order chi connectivity index (χ1) is 9.95. The highest BCUT2D eigenvalue weighted by molar-refractivity contribution is 6.35. The van der Waals surface area contributed by atoms with Crippen LogP contribution in [-0.4, -0.2) is 5.78 Å². The first-order valence-corrected chi connectivity index (χ1v) is 7.23. The number of ketones is 1. The van der Waals surface area contributed by atoms with Crippen LogP contribution in [0.25, 0.3) is 0 Å². The molecule has 1 atom stereocenters. The smallest absolute Gasteiger partial charge is 0.184 e. The maximum Gasteiger partial charge on any atom is 0.184 e. The molecule has 1 unspecified atom stereocenters. The molecule has 0 aromatic heterocycles. The lowest BCUT2D eigenvalue weighted by molar-refractivity contribution is 0.0978. The van der Waals surface area contributed by atoms with Crippen LogP contribution >= 0.6 is 34.8 Å². The minimum Gasteiger partial charge on any atom is -0.292 e. The summed E-state index contributed by atoms with van der Waals surface area (Å²) in [6.07, 6.45) is 0. The van der Waals surface area contributed by atoms with E-state index >= 15 is 0 Å². The van der Waals surface area contributed by atoms with Crippen molar-refractivity contribution in [1.29, 1.82) is 5.26 Å². The van der Waals surface area contributed by atoms with Crippen LogP contribution in [0.4, 0.5) is 0 Å². The Morgan fingerprint density at radius 3 is 2.48 bits per heavy atom. The van der Waals surface area contributed by atoms with Gasteiger partial charge in [-0.1, -0.05) is 53.0 Å². The van der Waals surface area contributed by atoms with Crippen LogP contribution in [0.1, 0.15) is 27.4 Å². The second-order valence-electron chi connectivity index (χ2n) is 4.50. The molecule has 0 aliphatic carbocycles. The van der Waals surface area contributed by atoms with Crippen LogP contribution in [0.5, 0.6) is 0 Å². The summed E-state index contributed by atoms with van der Waals surface area (Å²) < 4.78 is 0. The van der Waals surface area contributed by atoms with Crippen molar-refractivity contribution < 1.29 is 4.79 Å². The second kappa shape index (κ2) is 6.49. The topological polar surface area (TPSA) is 40.9 Å². The number of hydrogen-bond donors (Lipinski definition) is 0. The molecule has 0 amide bonds. The Hall–Kier alpha value is -1.53. The molecule has 0 radical (unpaired) electrons. The average Bonchev–Trinajstić information content (AvgIpc) is 2.44. The zero-order valence-corrected chi connectivity index (χ0v) is 13.3. The van der Waals surface area contributed by atoms with E-state index in [-0.39, 0.29) is 5.78 Å². The zero-order chi connectivity index (χ0) is 15.6. The number of nitrogens with zero attached hydrogens (tertiary/aromatic N) is 1. The summed E-state index contributed by atoms with van der Waals surface area (Å²) in [6, 6.07) is 11.7. The fraction of sp³-hybridized carbons (Fsp3) is 0.125. The molecule has 2 nitrogen and oxygen atoms in total. The summed E-state index contributed by atoms with van der Waals surface area (Å²) in [4.78, 5) is 12.6. The van der Waals surface area contributed by atoms with Crippen molar-refractivity contribution in [2.75, 3.05) is 0 Å². The maximum absolute atomic E-state index is 12.6. The lowest BCUT2D eigenvalue weighted by atomic mass is 9.90. The molecule has 2 rings (SSSR count). The first-order valence-electron chi connectivity index (χ1n) is 6.09. The van der Waals surface area contributed by atoms with Crippen molar-refractivity contribution in [2.24, 2.45) is 0 Å². The van der Waals surface area contributed by atoms with Gasteiger partial charge in [-0.15, -0.1) is 0 Å². The third-order valence-electron chi connectivity index (χ3n) is 3.20. The molecule has 0 N–H and O–H groups in total. The van der Waals surface area contributed by atoms with Gasteiger partial charge in [0.05, 0.1) is 6.07 Å². The number of halogens is 3. The van der Waals surface area contributed by atoms with Gasteiger partial charge in [0.2, 0.25) is 0 Å². The Balaban J connectivity index is 2.49. The van der Waals surface area contributed by atoms with Gasteiger partial charge in [0.25, 0.3) is 0 Å². The van der Waals surface area contributed by atoms with Gasteiger partial charge in [-0.2, -0.15) is 5.26 Å². The molecule has 21 heavy (non-hydrogen) atoms. The Kier molecular flexibility index (Phi) is 4.90. The van der Waals surface area contributed by atoms with E-state index in [1.54, 1.807) is 37.3 Å². The third kappa shape index (κ3) is 3.22. The molecule has 0 spiro atoms. The Morgan fingerprint density at radius 2 is 1.86 bits per heavy atom. The number of rotatable bonds is 3. The third-order valence-corrected chi connectivity index (χ3v) is 4.17. The van der Waals surface area contributed by atoms with E-state index in [9.17, 15) is 10.1 Å². The van der Waals surface area contributed by atoms with Crippen LogP contribution < -0.4 is 0 Å². The summed E-state index contributed by atoms with van der Waals surface area (Å²) in [5, 5.41) is 10.6. The van der Waals surface area contributed by atoms with Gasteiger partial charge >= 0.3 is 0 Å². The molecule has 106 valence electrons. The normalized spacial score (nSPS) is 11.8. The minimum absolute atomic E-state index is 0.294. The number of hydrogen-bond acceptors (Lipinski definition) is 2. The highest BCUT2D eigenvalue weighted by Gasteiger charge is 2.25. The average molecular weight is 339 g/mol. The predicted octanol–water partition coefficient (Wildman–Crippen LogP) is 5.45. The molecule has 0 saturated carbocycles. The summed E-state index contributed by atoms with van der Waals surface area (Å²) in [6.45, 7) is 1.74. The summed E-state index contributed by atoms with van der Waals surface area (Å²) >= 11 is 18.0. The van der Waals surface area contributed by atoms with Gasteiger partial charge in [-0.05, 0) is 36.2 Å². The van der Waals surface area contributed by atoms with Gasteiger partial charge in [0.15, 0.2) is 5.78 Å². The van der Waals surface area contributed by atoms with Crippen molar-refractivity contribution in [1.82, 2.24) is 0 Å². The maximum atomic E-state index is 12.6. The van der Waals surface area contributed by atoms with Crippen LogP contribution in [-0.2, 0) is 0 Å². The Morgan fingerprint density at radius 1 is 1.14 bits per heavy atom. The number of nitriles is 1. The Labute approximate surface area is 137 Å². The Bertz CT molecular complexity index is 750. The van der Waals surface area contributed by atoms with E-state index in [1.165, 1.54) is 6.07 Å². The number of carbonyl (C=O) groups is 1. The van der Waals surface area contributed by atoms with E-state index in [4.69, 9.17) is 34.8 Å². The minimum atomic E-state index is -0.994. The zero-order valence-electron chi connectivity index (χ0n) is 11.0. The van der Waals surface area contributed by atoms with Crippen LogP contribution in [0.15, 0.2) is 36.4 Å². The molecule has 0 saturated heterocycles. The molecule has 0 aliphatic heterocycles. The van der Waals surface area contributed by atoms with Crippen molar-refractivity contribution in [3.8, 4) is 6.07 Å². The fourth-order valence-corrected chi connectivity index (χ4v) is 2.73. The molecule has 0 aliphatic rings. The molecule has 5 heteroatoms. The van der Waals surface area contributed by atoms with E-state index in [2.05, 4.69) is 0 Å². The van der Waals surface area contributed by atoms with Gasteiger partial charge in [-0.3, -0.25) is 4.79 Å². The largest absolute Gasteiger partial charge is 0.292 e. The molecular formula is C16H10Cl3NO. The van der Waals surface area contributed by atoms with Gasteiger partial charge < -0.3 is 0 Å². The van der Waals surface area contributed by atoms with Gasteiger partial charge in [0.1, 0.15) is 5.92 Å². The lowest BCUT2D eigenvalue weighted by Crippen LogP contribution is -2.13. The van der Waals surface area contributed by atoms with Crippen molar-refractivity contribution in [3.63, 3.8) is 0 Å². The number of Topliss-reactive ketones (excluding diaryl/α,β-unsaturated/α-hetero) is 1. The highest BCUT2D eigenvalue weighted by Crippen LogP contribution is 2.31. The molecule has 2 aromatic carbocycles. The standard InChI is InChI=1S/C16H10Cl3NO/c1-9-11(3-2-4-14(9)18)16(21)13(8-20)12-6-5-10(17)7-15(12)19/h2-7,13H,1H3. The molecule has 0 fully saturated rings. The summed E-state index contributed by atoms with van der Waals surface area (Å²) in [7, 11) is 0. The monoisotopic (exact) mass is 337 g/mol. The lowest BCUT2D eigenvalue weighted by Gasteiger charge is -2.13. The summed E-state index contributed by atoms with van der Waals surface area (Å²) in [5.41, 5.74) is 1.50. The van der Waals surface area contributed by atoms with E-state index in [0.29, 0.717) is 31.8 Å². The fourth-order valence-electron chi connectivity index (χ4n) is 2.03. The highest BCUT2D eigenvalue weighted by atomic mass is 35.5. The molecule has 2 aromatic rings. The molecule has 0 bridgehead atoms. The van der Waals surface area contributed by atoms with Crippen LogP contribution in [0, 0.1) is 18.3 Å². The van der Waals surface area contributed by atoms with Crippen molar-refractivity contribution >= 4 is 40.6 Å². The van der Waals surface area contributed by atoms with E-state index in [0.717, 1.165) is 0 Å². The predicted molar refractivity (Wildman–Crippen MR) is 85.3 cm³/mol. The van der Waals surface area contributed by atoms with E-state index in [1.807, 2.05) is 6.07 Å².